The molecule has 0 radical (unpaired) electrons. The van der Waals surface area contributed by atoms with Crippen LogP contribution >= 0.6 is 0 Å². The number of hydrogen-bond donors (Lipinski definition) is 0. The number of ether oxygens (including phenoxy) is 10. The molecule has 4 aromatic rings. The number of hydrogen-bond acceptors (Lipinski definition) is 12. The maximum Gasteiger partial charge on any atom is 0.331 e. The number of rotatable bonds is 22. The van der Waals surface area contributed by atoms with Crippen molar-refractivity contribution >= 4 is 11.9 Å². The third kappa shape index (κ3) is 11.3. The third-order valence-corrected chi connectivity index (χ3v) is 13.5. The van der Waals surface area contributed by atoms with E-state index in [2.05, 4.69) is 50.5 Å². The quantitative estimate of drug-likeness (QED) is 0.0337. The Balaban J connectivity index is 1.04. The van der Waals surface area contributed by atoms with Crippen LogP contribution in [0.15, 0.2) is 72.8 Å². The van der Waals surface area contributed by atoms with E-state index in [4.69, 9.17) is 47.4 Å². The lowest BCUT2D eigenvalue weighted by molar-refractivity contribution is -0.941. The number of quaternary nitrogens is 2. The molecule has 0 spiro atoms. The summed E-state index contributed by atoms with van der Waals surface area (Å²) in [6.07, 6.45) is 6.73. The van der Waals surface area contributed by atoms with Gasteiger partial charge < -0.3 is 56.3 Å². The van der Waals surface area contributed by atoms with Crippen molar-refractivity contribution in [2.45, 2.75) is 50.6 Å². The minimum Gasteiger partial charge on any atom is -0.493 e. The van der Waals surface area contributed by atoms with Crippen LogP contribution in [0, 0.1) is 0 Å². The molecule has 0 aromatic heterocycles. The molecule has 14 heteroatoms. The molecule has 66 heavy (non-hydrogen) atoms. The topological polar surface area (TPSA) is 126 Å². The van der Waals surface area contributed by atoms with Crippen molar-refractivity contribution < 1.29 is 65.9 Å². The summed E-state index contributed by atoms with van der Waals surface area (Å²) in [5.41, 5.74) is 7.06. The van der Waals surface area contributed by atoms with Gasteiger partial charge in [0.2, 0.25) is 0 Å². The second-order valence-corrected chi connectivity index (χ2v) is 17.4. The molecule has 0 aliphatic carbocycles. The monoisotopic (exact) mass is 912 g/mol. The van der Waals surface area contributed by atoms with Gasteiger partial charge in [-0.3, -0.25) is 0 Å². The number of nitrogens with zero attached hydrogens (tertiary/aromatic N) is 2. The molecule has 6 rings (SSSR count). The number of methoxy groups -OCH3 is 8. The summed E-state index contributed by atoms with van der Waals surface area (Å²) in [5, 5.41) is 0. The molecule has 0 fully saturated rings. The van der Waals surface area contributed by atoms with E-state index in [0.717, 1.165) is 84.1 Å². The van der Waals surface area contributed by atoms with E-state index in [1.165, 1.54) is 22.3 Å². The molecule has 2 heterocycles. The van der Waals surface area contributed by atoms with Gasteiger partial charge in [-0.25, -0.2) is 9.59 Å². The number of benzene rings is 4. The Bertz CT molecular complexity index is 2190. The number of fused-ring (bicyclic) bond motifs is 2. The van der Waals surface area contributed by atoms with E-state index in [9.17, 15) is 9.59 Å². The molecule has 0 saturated heterocycles. The standard InChI is InChI=1S/C52H68N2O12/c1-53(23-19-37-31-47(61-7)49(63-9)33-39(37)41(53)27-35-13-15-43(57-3)45(29-35)59-5)21-11-25-65-51(55)17-18-52(56)66-26-12-22-54(2)24-20-38-32-48(62-8)50(64-10)34-40(38)42(54)28-36-14-16-44(58-4)46(30-36)60-6/h13-18,29-34,41-42H,11-12,19-28H2,1-10H3/q+2/b18-17-/t41-,42-,53-,54-/m1/s1. The maximum atomic E-state index is 12.8. The van der Waals surface area contributed by atoms with Gasteiger partial charge in [-0.05, 0) is 70.8 Å². The molecule has 2 aliphatic heterocycles. The zero-order valence-corrected chi connectivity index (χ0v) is 40.4. The number of carbonyl (C=O) groups excluding carboxylic acids is 2. The van der Waals surface area contributed by atoms with E-state index in [1.54, 1.807) is 56.9 Å². The van der Waals surface area contributed by atoms with Crippen LogP contribution in [-0.2, 0) is 44.7 Å². The van der Waals surface area contributed by atoms with Crippen LogP contribution in [-0.4, -0.2) is 131 Å². The largest absolute Gasteiger partial charge is 0.493 e. The van der Waals surface area contributed by atoms with Gasteiger partial charge in [0.1, 0.15) is 12.1 Å². The Morgan fingerprint density at radius 3 is 1.17 bits per heavy atom. The van der Waals surface area contributed by atoms with Crippen LogP contribution in [0.2, 0.25) is 0 Å². The molecule has 0 N–H and O–H groups in total. The summed E-state index contributed by atoms with van der Waals surface area (Å²) in [7, 11) is 17.7. The van der Waals surface area contributed by atoms with Crippen molar-refractivity contribution in [2.75, 3.05) is 110 Å². The molecule has 0 unspecified atom stereocenters. The fraction of sp³-hybridized carbons (Fsp3) is 0.462. The SMILES string of the molecule is COc1ccc(C[C@@H]2c3cc(OC)c(OC)cc3CC[N@@+]2(C)CCCOC(=O)/C=C\C(=O)OCCC[N@+]2(C)CCc3cc(OC)c(OC)cc3[C@H]2Cc2ccc(OC)c(OC)c2)cc1OC. The Morgan fingerprint density at radius 2 is 0.818 bits per heavy atom. The van der Waals surface area contributed by atoms with E-state index in [-0.39, 0.29) is 25.3 Å². The Kier molecular flexibility index (Phi) is 16.7. The molecule has 4 atom stereocenters. The second kappa shape index (κ2) is 22.4. The van der Waals surface area contributed by atoms with Gasteiger partial charge in [0.05, 0.1) is 110 Å². The predicted molar refractivity (Wildman–Crippen MR) is 251 cm³/mol. The van der Waals surface area contributed by atoms with Gasteiger partial charge in [0.25, 0.3) is 0 Å². The lowest BCUT2D eigenvalue weighted by atomic mass is 9.86. The van der Waals surface area contributed by atoms with Gasteiger partial charge in [-0.15, -0.1) is 0 Å². The summed E-state index contributed by atoms with van der Waals surface area (Å²) in [6, 6.07) is 20.6. The van der Waals surface area contributed by atoms with Crippen molar-refractivity contribution in [2.24, 2.45) is 0 Å². The summed E-state index contributed by atoms with van der Waals surface area (Å²) >= 11 is 0. The number of esters is 2. The van der Waals surface area contributed by atoms with Gasteiger partial charge in [-0.1, -0.05) is 12.1 Å². The van der Waals surface area contributed by atoms with E-state index < -0.39 is 11.9 Å². The van der Waals surface area contributed by atoms with Gasteiger partial charge in [0, 0.05) is 61.8 Å². The highest BCUT2D eigenvalue weighted by Crippen LogP contribution is 2.45. The summed E-state index contributed by atoms with van der Waals surface area (Å²) < 4.78 is 57.7. The average Bonchev–Trinajstić information content (AvgIpc) is 3.34. The minimum absolute atomic E-state index is 0.0726. The zero-order chi connectivity index (χ0) is 47.4. The third-order valence-electron chi connectivity index (χ3n) is 13.5. The molecular formula is C52H68N2O12+2. The van der Waals surface area contributed by atoms with Gasteiger partial charge in [-0.2, -0.15) is 0 Å². The second-order valence-electron chi connectivity index (χ2n) is 17.4. The molecule has 0 bridgehead atoms. The van der Waals surface area contributed by atoms with Crippen molar-refractivity contribution in [3.63, 3.8) is 0 Å². The molecule has 0 saturated carbocycles. The van der Waals surface area contributed by atoms with Crippen molar-refractivity contribution in [1.82, 2.24) is 0 Å². The van der Waals surface area contributed by atoms with Crippen LogP contribution in [0.1, 0.15) is 58.3 Å². The van der Waals surface area contributed by atoms with Crippen molar-refractivity contribution in [3.8, 4) is 46.0 Å². The van der Waals surface area contributed by atoms with Crippen LogP contribution in [0.5, 0.6) is 46.0 Å². The maximum absolute atomic E-state index is 12.8. The lowest BCUT2D eigenvalue weighted by Gasteiger charge is -2.46. The fourth-order valence-electron chi connectivity index (χ4n) is 9.75. The first kappa shape index (κ1) is 49.3. The van der Waals surface area contributed by atoms with Gasteiger partial charge >= 0.3 is 11.9 Å². The molecule has 356 valence electrons. The molecule has 14 nitrogen and oxygen atoms in total. The first-order valence-electron chi connectivity index (χ1n) is 22.5. The Labute approximate surface area is 390 Å². The van der Waals surface area contributed by atoms with Crippen molar-refractivity contribution in [3.05, 3.63) is 106 Å². The lowest BCUT2D eigenvalue weighted by Crippen LogP contribution is -2.52. The van der Waals surface area contributed by atoms with Crippen LogP contribution < -0.4 is 37.9 Å². The fourth-order valence-corrected chi connectivity index (χ4v) is 9.75. The highest BCUT2D eigenvalue weighted by atomic mass is 16.5. The summed E-state index contributed by atoms with van der Waals surface area (Å²) in [6.45, 7) is 3.69. The minimum atomic E-state index is -0.590. The average molecular weight is 913 g/mol. The van der Waals surface area contributed by atoms with E-state index in [1.807, 2.05) is 24.3 Å². The molecule has 4 aromatic carbocycles. The first-order chi connectivity index (χ1) is 31.9. The molecule has 2 aliphatic rings. The number of carbonyl (C=O) groups is 2. The summed E-state index contributed by atoms with van der Waals surface area (Å²) in [5.74, 6) is 4.31. The zero-order valence-electron chi connectivity index (χ0n) is 40.4. The first-order valence-corrected chi connectivity index (χ1v) is 22.5. The molecule has 0 amide bonds. The van der Waals surface area contributed by atoms with Gasteiger partial charge in [0.15, 0.2) is 46.0 Å². The normalized spacial score (nSPS) is 19.8. The highest BCUT2D eigenvalue weighted by molar-refractivity contribution is 5.91. The summed E-state index contributed by atoms with van der Waals surface area (Å²) in [4.78, 5) is 25.6. The Morgan fingerprint density at radius 1 is 0.485 bits per heavy atom. The smallest absolute Gasteiger partial charge is 0.331 e. The number of likely N-dealkylation sites (N-methyl/N-ethyl adjacent to an activating group) is 2. The molecular weight excluding hydrogens is 845 g/mol. The van der Waals surface area contributed by atoms with Crippen LogP contribution in [0.25, 0.3) is 0 Å². The highest BCUT2D eigenvalue weighted by Gasteiger charge is 2.41. The van der Waals surface area contributed by atoms with Crippen LogP contribution in [0.3, 0.4) is 0 Å². The van der Waals surface area contributed by atoms with Crippen molar-refractivity contribution in [1.29, 1.82) is 0 Å². The van der Waals surface area contributed by atoms with Crippen LogP contribution in [0.4, 0.5) is 0 Å². The Hall–Kier alpha value is -6.12. The predicted octanol–water partition coefficient (Wildman–Crippen LogP) is 7.45. The van der Waals surface area contributed by atoms with E-state index >= 15 is 0 Å². The van der Waals surface area contributed by atoms with E-state index in [0.29, 0.717) is 58.8 Å².